The lowest BCUT2D eigenvalue weighted by molar-refractivity contribution is -0.132. The zero-order valence-corrected chi connectivity index (χ0v) is 14.0. The Labute approximate surface area is 140 Å². The van der Waals surface area contributed by atoms with E-state index in [0.717, 1.165) is 0 Å². The van der Waals surface area contributed by atoms with Gasteiger partial charge in [0.1, 0.15) is 5.70 Å². The van der Waals surface area contributed by atoms with Gasteiger partial charge in [0, 0.05) is 6.92 Å². The number of urea groups is 1. The van der Waals surface area contributed by atoms with E-state index in [9.17, 15) is 14.4 Å². The summed E-state index contributed by atoms with van der Waals surface area (Å²) in [6.07, 6.45) is 1.52. The summed E-state index contributed by atoms with van der Waals surface area (Å²) in [6, 6.07) is 2.79. The van der Waals surface area contributed by atoms with Crippen LogP contribution < -0.4 is 20.1 Å². The molecule has 1 fully saturated rings. The second kappa shape index (κ2) is 6.77. The van der Waals surface area contributed by atoms with Crippen molar-refractivity contribution in [3.05, 3.63) is 27.0 Å². The lowest BCUT2D eigenvalue weighted by Gasteiger charge is -2.12. The number of rotatable bonds is 4. The lowest BCUT2D eigenvalue weighted by Crippen LogP contribution is -2.22. The van der Waals surface area contributed by atoms with Crippen LogP contribution in [0.25, 0.3) is 6.08 Å². The number of nitrogens with one attached hydrogen (secondary N) is 2. The predicted octanol–water partition coefficient (Wildman–Crippen LogP) is 1.80. The average molecular weight is 416 g/mol. The first-order chi connectivity index (χ1) is 10.4. The maximum Gasteiger partial charge on any atom is 0.326 e. The molecule has 0 saturated carbocycles. The summed E-state index contributed by atoms with van der Waals surface area (Å²) in [5.41, 5.74) is 0.777. The van der Waals surface area contributed by atoms with Gasteiger partial charge in [-0.05, 0) is 53.3 Å². The first-order valence-electron chi connectivity index (χ1n) is 6.39. The normalized spacial score (nSPS) is 15.5. The number of carbonyl (C=O) groups is 3. The van der Waals surface area contributed by atoms with Gasteiger partial charge in [-0.25, -0.2) is 4.79 Å². The lowest BCUT2D eigenvalue weighted by atomic mass is 10.1. The molecule has 2 rings (SSSR count). The third-order valence-electron chi connectivity index (χ3n) is 2.61. The molecule has 0 atom stereocenters. The summed E-state index contributed by atoms with van der Waals surface area (Å²) in [4.78, 5) is 33.8. The molecule has 1 saturated heterocycles. The molecule has 1 aliphatic heterocycles. The zero-order chi connectivity index (χ0) is 16.3. The minimum absolute atomic E-state index is 0.142. The van der Waals surface area contributed by atoms with Crippen molar-refractivity contribution >= 4 is 46.6 Å². The van der Waals surface area contributed by atoms with Gasteiger partial charge in [-0.3, -0.25) is 14.9 Å². The molecule has 0 aromatic heterocycles. The molecule has 0 radical (unpaired) electrons. The second-order valence-electron chi connectivity index (χ2n) is 4.32. The van der Waals surface area contributed by atoms with E-state index in [1.54, 1.807) is 19.1 Å². The smallest absolute Gasteiger partial charge is 0.326 e. The molecule has 22 heavy (non-hydrogen) atoms. The molecule has 0 unspecified atom stereocenters. The van der Waals surface area contributed by atoms with Crippen LogP contribution in [0.2, 0.25) is 0 Å². The van der Waals surface area contributed by atoms with Crippen LogP contribution in [0, 0.1) is 3.57 Å². The highest BCUT2D eigenvalue weighted by Crippen LogP contribution is 2.35. The van der Waals surface area contributed by atoms with Crippen molar-refractivity contribution in [2.75, 3.05) is 6.61 Å². The van der Waals surface area contributed by atoms with E-state index in [1.165, 1.54) is 13.0 Å². The summed E-state index contributed by atoms with van der Waals surface area (Å²) in [5.74, 6) is -0.229. The van der Waals surface area contributed by atoms with Gasteiger partial charge in [-0.2, -0.15) is 0 Å². The minimum Gasteiger partial charge on any atom is -0.490 e. The maximum atomic E-state index is 11.5. The van der Waals surface area contributed by atoms with Crippen molar-refractivity contribution in [2.24, 2.45) is 0 Å². The summed E-state index contributed by atoms with van der Waals surface area (Å²) in [7, 11) is 0. The molecule has 116 valence electrons. The zero-order valence-electron chi connectivity index (χ0n) is 11.9. The van der Waals surface area contributed by atoms with Gasteiger partial charge in [0.2, 0.25) is 0 Å². The average Bonchev–Trinajstić information content (AvgIpc) is 2.72. The molecular formula is C14H13IN2O5. The first kappa shape index (κ1) is 16.3. The Morgan fingerprint density at radius 2 is 2.05 bits per heavy atom. The Hall–Kier alpha value is -2.10. The van der Waals surface area contributed by atoms with Crippen molar-refractivity contribution in [1.82, 2.24) is 10.6 Å². The SMILES string of the molecule is CCOc1cc(/C=C2/NC(=O)NC2=O)cc(I)c1OC(C)=O. The number of benzene rings is 1. The summed E-state index contributed by atoms with van der Waals surface area (Å²) in [6.45, 7) is 3.50. The highest BCUT2D eigenvalue weighted by molar-refractivity contribution is 14.1. The molecule has 0 bridgehead atoms. The van der Waals surface area contributed by atoms with Gasteiger partial charge in [-0.15, -0.1) is 0 Å². The number of halogens is 1. The number of hydrogen-bond acceptors (Lipinski definition) is 5. The van der Waals surface area contributed by atoms with Gasteiger partial charge < -0.3 is 14.8 Å². The second-order valence-corrected chi connectivity index (χ2v) is 5.49. The van der Waals surface area contributed by atoms with E-state index >= 15 is 0 Å². The van der Waals surface area contributed by atoms with Gasteiger partial charge in [-0.1, -0.05) is 0 Å². The Bertz CT molecular complexity index is 684. The van der Waals surface area contributed by atoms with Crippen LogP contribution in [0.3, 0.4) is 0 Å². The fourth-order valence-electron chi connectivity index (χ4n) is 1.83. The van der Waals surface area contributed by atoms with E-state index in [4.69, 9.17) is 9.47 Å². The van der Waals surface area contributed by atoms with E-state index in [-0.39, 0.29) is 5.70 Å². The van der Waals surface area contributed by atoms with Crippen LogP contribution >= 0.6 is 22.6 Å². The Kier molecular flexibility index (Phi) is 5.01. The van der Waals surface area contributed by atoms with Crippen molar-refractivity contribution in [1.29, 1.82) is 0 Å². The minimum atomic E-state index is -0.562. The van der Waals surface area contributed by atoms with Crippen molar-refractivity contribution in [3.63, 3.8) is 0 Å². The standard InChI is InChI=1S/C14H13IN2O5/c1-3-21-11-6-8(4-9(15)12(11)22-7(2)18)5-10-13(19)17-14(20)16-10/h4-6H,3H2,1-2H3,(H2,16,17,19,20)/b10-5+. The van der Waals surface area contributed by atoms with Crippen molar-refractivity contribution in [2.45, 2.75) is 13.8 Å². The molecule has 1 aliphatic rings. The summed E-state index contributed by atoms with van der Waals surface area (Å²) >= 11 is 2.01. The third kappa shape index (κ3) is 3.75. The Morgan fingerprint density at radius 3 is 2.59 bits per heavy atom. The maximum absolute atomic E-state index is 11.5. The number of imide groups is 1. The fraction of sp³-hybridized carbons (Fsp3) is 0.214. The van der Waals surface area contributed by atoms with E-state index < -0.39 is 17.9 Å². The molecular weight excluding hydrogens is 403 g/mol. The molecule has 2 N–H and O–H groups in total. The van der Waals surface area contributed by atoms with Crippen LogP contribution in [0.15, 0.2) is 17.8 Å². The van der Waals surface area contributed by atoms with Crippen molar-refractivity contribution in [3.8, 4) is 11.5 Å². The number of amides is 3. The Morgan fingerprint density at radius 1 is 1.32 bits per heavy atom. The van der Waals surface area contributed by atoms with E-state index in [0.29, 0.717) is 27.2 Å². The number of carbonyl (C=O) groups excluding carboxylic acids is 3. The summed E-state index contributed by atoms with van der Waals surface area (Å²) in [5, 5.41) is 4.52. The van der Waals surface area contributed by atoms with Gasteiger partial charge >= 0.3 is 12.0 Å². The van der Waals surface area contributed by atoms with Crippen molar-refractivity contribution < 1.29 is 23.9 Å². The van der Waals surface area contributed by atoms with Gasteiger partial charge in [0.05, 0.1) is 10.2 Å². The van der Waals surface area contributed by atoms with Crippen LogP contribution in [-0.2, 0) is 9.59 Å². The monoisotopic (exact) mass is 416 g/mol. The van der Waals surface area contributed by atoms with Crippen LogP contribution in [-0.4, -0.2) is 24.5 Å². The van der Waals surface area contributed by atoms with Crippen LogP contribution in [0.1, 0.15) is 19.4 Å². The highest BCUT2D eigenvalue weighted by atomic mass is 127. The molecule has 3 amide bonds. The first-order valence-corrected chi connectivity index (χ1v) is 7.47. The molecule has 8 heteroatoms. The summed E-state index contributed by atoms with van der Waals surface area (Å²) < 4.78 is 11.3. The van der Waals surface area contributed by atoms with Gasteiger partial charge in [0.15, 0.2) is 11.5 Å². The highest BCUT2D eigenvalue weighted by Gasteiger charge is 2.23. The molecule has 7 nitrogen and oxygen atoms in total. The molecule has 1 heterocycles. The molecule has 1 aromatic rings. The number of ether oxygens (including phenoxy) is 2. The van der Waals surface area contributed by atoms with Gasteiger partial charge in [0.25, 0.3) is 5.91 Å². The molecule has 0 aliphatic carbocycles. The topological polar surface area (TPSA) is 93.7 Å². The number of hydrogen-bond donors (Lipinski definition) is 2. The molecule has 0 spiro atoms. The van der Waals surface area contributed by atoms with Crippen LogP contribution in [0.5, 0.6) is 11.5 Å². The van der Waals surface area contributed by atoms with E-state index in [1.807, 2.05) is 22.6 Å². The largest absolute Gasteiger partial charge is 0.490 e. The fourth-order valence-corrected chi connectivity index (χ4v) is 2.56. The predicted molar refractivity (Wildman–Crippen MR) is 86.3 cm³/mol. The van der Waals surface area contributed by atoms with E-state index in [2.05, 4.69) is 10.6 Å². The molecule has 1 aromatic carbocycles. The quantitative estimate of drug-likeness (QED) is 0.257. The number of esters is 1. The third-order valence-corrected chi connectivity index (χ3v) is 3.41. The van der Waals surface area contributed by atoms with Crippen LogP contribution in [0.4, 0.5) is 4.79 Å². The Balaban J connectivity index is 2.42.